The fourth-order valence-corrected chi connectivity index (χ4v) is 2.94. The van der Waals surface area contributed by atoms with Gasteiger partial charge in [0.05, 0.1) is 22.3 Å². The molecule has 6 heteroatoms. The van der Waals surface area contributed by atoms with Gasteiger partial charge in [0.1, 0.15) is 11.5 Å². The van der Waals surface area contributed by atoms with Crippen molar-refractivity contribution in [2.24, 2.45) is 0 Å². The van der Waals surface area contributed by atoms with Crippen LogP contribution in [0.5, 0.6) is 11.5 Å². The quantitative estimate of drug-likeness (QED) is 0.436. The van der Waals surface area contributed by atoms with E-state index < -0.39 is 23.1 Å². The van der Waals surface area contributed by atoms with Gasteiger partial charge in [0, 0.05) is 0 Å². The predicted molar refractivity (Wildman–Crippen MR) is 120 cm³/mol. The molecule has 0 heterocycles. The van der Waals surface area contributed by atoms with Gasteiger partial charge >= 0.3 is 11.9 Å². The molecule has 0 fully saturated rings. The second kappa shape index (κ2) is 8.94. The second-order valence-electron chi connectivity index (χ2n) is 8.52. The Hall–Kier alpha value is -3.48. The van der Waals surface area contributed by atoms with Crippen LogP contribution in [-0.4, -0.2) is 22.2 Å². The monoisotopic (exact) mass is 434 g/mol. The summed E-state index contributed by atoms with van der Waals surface area (Å²) in [5.74, 6) is -0.437. The largest absolute Gasteiger partial charge is 0.423 e. The van der Waals surface area contributed by atoms with E-state index in [1.807, 2.05) is 0 Å². The number of carbonyl (C=O) groups is 2. The lowest BCUT2D eigenvalue weighted by Gasteiger charge is -2.17. The van der Waals surface area contributed by atoms with Crippen LogP contribution in [-0.2, 0) is 11.2 Å². The molecule has 0 aromatic heterocycles. The highest BCUT2D eigenvalue weighted by atomic mass is 16.5. The molecule has 0 aliphatic carbocycles. The normalized spacial score (nSPS) is 11.7. The number of benzene rings is 3. The summed E-state index contributed by atoms with van der Waals surface area (Å²) in [4.78, 5) is 24.7. The maximum atomic E-state index is 12.4. The summed E-state index contributed by atoms with van der Waals surface area (Å²) in [5, 5.41) is 20.0. The molecule has 6 nitrogen and oxygen atoms in total. The van der Waals surface area contributed by atoms with Crippen LogP contribution in [0.25, 0.3) is 0 Å². The van der Waals surface area contributed by atoms with Gasteiger partial charge < -0.3 is 19.7 Å². The Kier molecular flexibility index (Phi) is 6.48. The van der Waals surface area contributed by atoms with Crippen molar-refractivity contribution in [1.29, 1.82) is 0 Å². The van der Waals surface area contributed by atoms with Gasteiger partial charge in [0.15, 0.2) is 0 Å². The summed E-state index contributed by atoms with van der Waals surface area (Å²) in [6, 6.07) is 19.2. The van der Waals surface area contributed by atoms with Crippen LogP contribution in [0.3, 0.4) is 0 Å². The third-order valence-electron chi connectivity index (χ3n) is 4.90. The summed E-state index contributed by atoms with van der Waals surface area (Å²) in [6.07, 6.45) is 0. The maximum Gasteiger partial charge on any atom is 0.343 e. The topological polar surface area (TPSA) is 93.1 Å². The Bertz CT molecular complexity index is 993. The molecule has 0 saturated heterocycles. The van der Waals surface area contributed by atoms with E-state index in [1.165, 1.54) is 24.3 Å². The van der Waals surface area contributed by atoms with Gasteiger partial charge in [-0.3, -0.25) is 0 Å². The SMILES string of the molecule is CC(C)(O)c1ccc(OC(=O)c2ccc(C(=O)Oc3ccc(C(C)(C)O)cc3)cc2)cc1. The minimum absolute atomic E-state index is 0.280. The third-order valence-corrected chi connectivity index (χ3v) is 4.90. The molecule has 3 aromatic carbocycles. The molecule has 2 N–H and O–H groups in total. The highest BCUT2D eigenvalue weighted by Crippen LogP contribution is 2.24. The second-order valence-corrected chi connectivity index (χ2v) is 8.52. The molecule has 0 bridgehead atoms. The van der Waals surface area contributed by atoms with E-state index in [2.05, 4.69) is 0 Å². The number of hydrogen-bond donors (Lipinski definition) is 2. The summed E-state index contributed by atoms with van der Waals surface area (Å²) >= 11 is 0. The fourth-order valence-electron chi connectivity index (χ4n) is 2.94. The van der Waals surface area contributed by atoms with E-state index in [-0.39, 0.29) is 11.1 Å². The fraction of sp³-hybridized carbons (Fsp3) is 0.231. The zero-order valence-corrected chi connectivity index (χ0v) is 18.5. The van der Waals surface area contributed by atoms with Crippen LogP contribution < -0.4 is 9.47 Å². The van der Waals surface area contributed by atoms with Crippen LogP contribution in [0.1, 0.15) is 59.5 Å². The van der Waals surface area contributed by atoms with Crippen molar-refractivity contribution >= 4 is 11.9 Å². The molecular weight excluding hydrogens is 408 g/mol. The van der Waals surface area contributed by atoms with Gasteiger partial charge in [-0.1, -0.05) is 24.3 Å². The first kappa shape index (κ1) is 23.2. The Balaban J connectivity index is 1.62. The molecule has 0 saturated carbocycles. The number of ether oxygens (including phenoxy) is 2. The number of carbonyl (C=O) groups excluding carboxylic acids is 2. The number of esters is 2. The lowest BCUT2D eigenvalue weighted by atomic mass is 9.99. The van der Waals surface area contributed by atoms with Gasteiger partial charge in [-0.05, 0) is 87.4 Å². The van der Waals surface area contributed by atoms with Gasteiger partial charge in [-0.25, -0.2) is 9.59 Å². The Morgan fingerprint density at radius 2 is 0.844 bits per heavy atom. The first-order valence-electron chi connectivity index (χ1n) is 10.1. The van der Waals surface area contributed by atoms with E-state index in [1.54, 1.807) is 76.2 Å². The number of hydrogen-bond acceptors (Lipinski definition) is 6. The molecule has 0 amide bonds. The summed E-state index contributed by atoms with van der Waals surface area (Å²) in [5.41, 5.74) is 0.00422. The van der Waals surface area contributed by atoms with Crippen molar-refractivity contribution in [2.45, 2.75) is 38.9 Å². The van der Waals surface area contributed by atoms with Crippen molar-refractivity contribution in [3.05, 3.63) is 95.1 Å². The van der Waals surface area contributed by atoms with Crippen LogP contribution in [0.2, 0.25) is 0 Å². The minimum atomic E-state index is -0.982. The first-order chi connectivity index (χ1) is 14.9. The van der Waals surface area contributed by atoms with Crippen molar-refractivity contribution in [3.63, 3.8) is 0 Å². The van der Waals surface area contributed by atoms with Crippen molar-refractivity contribution in [2.75, 3.05) is 0 Å². The molecule has 3 aromatic rings. The van der Waals surface area contributed by atoms with E-state index in [0.29, 0.717) is 22.6 Å². The molecule has 32 heavy (non-hydrogen) atoms. The summed E-state index contributed by atoms with van der Waals surface area (Å²) in [7, 11) is 0. The lowest BCUT2D eigenvalue weighted by Crippen LogP contribution is -2.15. The molecule has 3 rings (SSSR count). The van der Waals surface area contributed by atoms with Crippen LogP contribution in [0.4, 0.5) is 0 Å². The van der Waals surface area contributed by atoms with Crippen molar-refractivity contribution < 1.29 is 29.3 Å². The maximum absolute atomic E-state index is 12.4. The Morgan fingerprint density at radius 3 is 1.09 bits per heavy atom. The highest BCUT2D eigenvalue weighted by Gasteiger charge is 2.18. The van der Waals surface area contributed by atoms with Crippen LogP contribution >= 0.6 is 0 Å². The van der Waals surface area contributed by atoms with Gasteiger partial charge in [0.25, 0.3) is 0 Å². The minimum Gasteiger partial charge on any atom is -0.423 e. The average molecular weight is 434 g/mol. The lowest BCUT2D eigenvalue weighted by molar-refractivity contribution is 0.0717. The zero-order valence-electron chi connectivity index (χ0n) is 18.5. The molecule has 0 spiro atoms. The standard InChI is InChI=1S/C26H26O6/c1-25(2,29)19-9-13-21(14-10-19)31-23(27)17-5-7-18(8-6-17)24(28)32-22-15-11-20(12-16-22)26(3,4)30/h5-16,29-30H,1-4H3. The van der Waals surface area contributed by atoms with Crippen LogP contribution in [0.15, 0.2) is 72.8 Å². The number of aliphatic hydroxyl groups is 2. The number of rotatable bonds is 6. The van der Waals surface area contributed by atoms with Gasteiger partial charge in [0.2, 0.25) is 0 Å². The van der Waals surface area contributed by atoms with E-state index in [9.17, 15) is 19.8 Å². The molecule has 0 unspecified atom stereocenters. The van der Waals surface area contributed by atoms with Gasteiger partial charge in [-0.15, -0.1) is 0 Å². The molecule has 166 valence electrons. The van der Waals surface area contributed by atoms with Crippen LogP contribution in [0, 0.1) is 0 Å². The first-order valence-corrected chi connectivity index (χ1v) is 10.1. The molecule has 0 aliphatic rings. The molecule has 0 atom stereocenters. The van der Waals surface area contributed by atoms with E-state index in [0.717, 1.165) is 0 Å². The molecule has 0 radical (unpaired) electrons. The van der Waals surface area contributed by atoms with Crippen molar-refractivity contribution in [3.8, 4) is 11.5 Å². The zero-order chi connectivity index (χ0) is 23.5. The van der Waals surface area contributed by atoms with E-state index in [4.69, 9.17) is 9.47 Å². The highest BCUT2D eigenvalue weighted by molar-refractivity contribution is 5.94. The van der Waals surface area contributed by atoms with Crippen molar-refractivity contribution in [1.82, 2.24) is 0 Å². The smallest absolute Gasteiger partial charge is 0.343 e. The Labute approximate surface area is 187 Å². The average Bonchev–Trinajstić information content (AvgIpc) is 2.73. The predicted octanol–water partition coefficient (Wildman–Crippen LogP) is 4.58. The summed E-state index contributed by atoms with van der Waals surface area (Å²) < 4.78 is 10.7. The molecular formula is C26H26O6. The van der Waals surface area contributed by atoms with E-state index >= 15 is 0 Å². The summed E-state index contributed by atoms with van der Waals surface area (Å²) in [6.45, 7) is 6.69. The Morgan fingerprint density at radius 1 is 0.562 bits per heavy atom. The molecule has 0 aliphatic heterocycles. The van der Waals surface area contributed by atoms with Gasteiger partial charge in [-0.2, -0.15) is 0 Å². The third kappa shape index (κ3) is 5.81.